The van der Waals surface area contributed by atoms with Crippen molar-refractivity contribution in [2.75, 3.05) is 18.6 Å². The molecular weight excluding hydrogens is 418 g/mol. The van der Waals surface area contributed by atoms with Crippen molar-refractivity contribution in [3.05, 3.63) is 48.5 Å². The molecule has 0 fully saturated rings. The number of anilines is 1. The summed E-state index contributed by atoms with van der Waals surface area (Å²) in [6.45, 7) is 3.75. The van der Waals surface area contributed by atoms with Gasteiger partial charge >= 0.3 is 12.1 Å². The van der Waals surface area contributed by atoms with E-state index in [9.17, 15) is 14.4 Å². The van der Waals surface area contributed by atoms with E-state index in [4.69, 9.17) is 5.73 Å². The summed E-state index contributed by atoms with van der Waals surface area (Å²) < 4.78 is 4.59. The van der Waals surface area contributed by atoms with Crippen LogP contribution < -0.4 is 21.3 Å². The van der Waals surface area contributed by atoms with Gasteiger partial charge in [0, 0.05) is 22.8 Å². The maximum atomic E-state index is 12.0. The highest BCUT2D eigenvalue weighted by atomic mass is 32.2. The lowest BCUT2D eigenvalue weighted by molar-refractivity contribution is -0.119. The van der Waals surface area contributed by atoms with Crippen LogP contribution in [0.2, 0.25) is 0 Å². The second kappa shape index (κ2) is 11.6. The number of alkyl carbamates (subject to hydrolysis) is 1. The molecule has 0 radical (unpaired) electrons. The van der Waals surface area contributed by atoms with Crippen molar-refractivity contribution in [3.8, 4) is 0 Å². The Hall–Kier alpha value is -3.53. The number of carbonyl (C=O) groups is 3. The fourth-order valence-corrected chi connectivity index (χ4v) is 3.39. The van der Waals surface area contributed by atoms with E-state index in [0.29, 0.717) is 17.9 Å². The van der Waals surface area contributed by atoms with Crippen molar-refractivity contribution in [1.29, 1.82) is 0 Å². The number of nitrogens with zero attached hydrogens (tertiary/aromatic N) is 2. The summed E-state index contributed by atoms with van der Waals surface area (Å²) in [6.07, 6.45) is -0.612. The number of ether oxygens (including phenoxy) is 1. The molecule has 0 saturated heterocycles. The number of hydrogen-bond acceptors (Lipinski definition) is 6. The standard InChI is InChI=1S/C21H25N5O4S/c1-4-18(27)24-20(25-21(29)30-3)23-16-12-11-15(31-14-9-7-6-8-10-14)13-17(16)26(5-2)19(22)28/h6-13H,4-5H2,1-3H3,(H2,22,28)(H2,23,24,25,27,29). The Balaban J connectivity index is 2.51. The molecule has 4 N–H and O–H groups in total. The molecule has 2 aromatic rings. The summed E-state index contributed by atoms with van der Waals surface area (Å²) in [7, 11) is 1.20. The fourth-order valence-electron chi connectivity index (χ4n) is 2.52. The van der Waals surface area contributed by atoms with Gasteiger partial charge in [-0.25, -0.2) is 14.6 Å². The van der Waals surface area contributed by atoms with Gasteiger partial charge in [0.25, 0.3) is 0 Å². The Morgan fingerprint density at radius 3 is 2.35 bits per heavy atom. The predicted molar refractivity (Wildman–Crippen MR) is 121 cm³/mol. The van der Waals surface area contributed by atoms with Gasteiger partial charge < -0.3 is 10.5 Å². The molecule has 0 aromatic heterocycles. The van der Waals surface area contributed by atoms with Gasteiger partial charge in [-0.15, -0.1) is 0 Å². The first-order valence-electron chi connectivity index (χ1n) is 9.55. The third-order valence-corrected chi connectivity index (χ3v) is 5.01. The van der Waals surface area contributed by atoms with E-state index in [-0.39, 0.29) is 18.3 Å². The number of aliphatic imine (C=N–C) groups is 1. The lowest BCUT2D eigenvalue weighted by Gasteiger charge is -2.21. The number of urea groups is 1. The molecule has 0 saturated carbocycles. The van der Waals surface area contributed by atoms with Crippen LogP contribution >= 0.6 is 11.8 Å². The molecule has 0 bridgehead atoms. The van der Waals surface area contributed by atoms with Gasteiger partial charge in [-0.1, -0.05) is 36.9 Å². The van der Waals surface area contributed by atoms with Crippen LogP contribution in [0, 0.1) is 0 Å². The first kappa shape index (κ1) is 23.7. The molecule has 4 amide bonds. The van der Waals surface area contributed by atoms with E-state index < -0.39 is 12.1 Å². The maximum Gasteiger partial charge on any atom is 0.413 e. The smallest absolute Gasteiger partial charge is 0.413 e. The van der Waals surface area contributed by atoms with Crippen LogP contribution in [0.15, 0.2) is 63.3 Å². The number of hydrogen-bond donors (Lipinski definition) is 3. The van der Waals surface area contributed by atoms with E-state index in [1.165, 1.54) is 23.8 Å². The van der Waals surface area contributed by atoms with Crippen LogP contribution in [0.4, 0.5) is 21.0 Å². The average Bonchev–Trinajstić information content (AvgIpc) is 2.76. The first-order valence-corrected chi connectivity index (χ1v) is 10.4. The van der Waals surface area contributed by atoms with Gasteiger partial charge in [-0.3, -0.25) is 20.3 Å². The monoisotopic (exact) mass is 443 g/mol. The van der Waals surface area contributed by atoms with Crippen LogP contribution in [-0.4, -0.2) is 37.6 Å². The van der Waals surface area contributed by atoms with Gasteiger partial charge in [-0.2, -0.15) is 0 Å². The van der Waals surface area contributed by atoms with Gasteiger partial charge in [0.1, 0.15) is 0 Å². The van der Waals surface area contributed by atoms with Gasteiger partial charge in [0.2, 0.25) is 11.9 Å². The molecule has 164 valence electrons. The highest BCUT2D eigenvalue weighted by molar-refractivity contribution is 7.99. The molecule has 0 aliphatic heterocycles. The highest BCUT2D eigenvalue weighted by Crippen LogP contribution is 2.36. The summed E-state index contributed by atoms with van der Waals surface area (Å²) in [4.78, 5) is 43.1. The van der Waals surface area contributed by atoms with Crippen molar-refractivity contribution >= 4 is 47.1 Å². The quantitative estimate of drug-likeness (QED) is 0.464. The third-order valence-electron chi connectivity index (χ3n) is 4.02. The third kappa shape index (κ3) is 7.03. The Labute approximate surface area is 185 Å². The zero-order chi connectivity index (χ0) is 22.8. The topological polar surface area (TPSA) is 126 Å². The first-order chi connectivity index (χ1) is 14.9. The number of carbonyl (C=O) groups excluding carboxylic acids is 3. The molecule has 0 aliphatic carbocycles. The molecule has 0 unspecified atom stereocenters. The molecule has 10 heteroatoms. The lowest BCUT2D eigenvalue weighted by atomic mass is 10.2. The fraction of sp³-hybridized carbons (Fsp3) is 0.238. The number of nitrogens with one attached hydrogen (secondary N) is 2. The SMILES string of the molecule is CCC(=O)NC(=Nc1ccc(Sc2ccccc2)cc1N(CC)C(N)=O)NC(=O)OC. The average molecular weight is 444 g/mol. The molecule has 0 aliphatic rings. The minimum absolute atomic E-state index is 0.121. The van der Waals surface area contributed by atoms with E-state index in [1.807, 2.05) is 36.4 Å². The van der Waals surface area contributed by atoms with Crippen LogP contribution in [0.5, 0.6) is 0 Å². The number of amides is 4. The van der Waals surface area contributed by atoms with Gasteiger partial charge in [-0.05, 0) is 37.3 Å². The van der Waals surface area contributed by atoms with Crippen molar-refractivity contribution in [3.63, 3.8) is 0 Å². The second-order valence-electron chi connectivity index (χ2n) is 6.13. The van der Waals surface area contributed by atoms with Gasteiger partial charge in [0.15, 0.2) is 0 Å². The lowest BCUT2D eigenvalue weighted by Crippen LogP contribution is -2.43. The second-order valence-corrected chi connectivity index (χ2v) is 7.27. The van der Waals surface area contributed by atoms with Crippen molar-refractivity contribution in [2.45, 2.75) is 30.1 Å². The van der Waals surface area contributed by atoms with Gasteiger partial charge in [0.05, 0.1) is 18.5 Å². The number of rotatable bonds is 6. The molecule has 0 spiro atoms. The maximum absolute atomic E-state index is 12.0. The largest absolute Gasteiger partial charge is 0.453 e. The van der Waals surface area contributed by atoms with E-state index in [2.05, 4.69) is 20.4 Å². The van der Waals surface area contributed by atoms with E-state index in [1.54, 1.807) is 26.0 Å². The van der Waals surface area contributed by atoms with Crippen LogP contribution in [0.1, 0.15) is 20.3 Å². The van der Waals surface area contributed by atoms with Crippen LogP contribution in [-0.2, 0) is 9.53 Å². The summed E-state index contributed by atoms with van der Waals surface area (Å²) in [6, 6.07) is 14.4. The minimum Gasteiger partial charge on any atom is -0.453 e. The Bertz CT molecular complexity index is 945. The Morgan fingerprint density at radius 2 is 1.77 bits per heavy atom. The van der Waals surface area contributed by atoms with Crippen LogP contribution in [0.25, 0.3) is 0 Å². The van der Waals surface area contributed by atoms with Crippen molar-refractivity contribution < 1.29 is 19.1 Å². The number of guanidine groups is 1. The highest BCUT2D eigenvalue weighted by Gasteiger charge is 2.17. The summed E-state index contributed by atoms with van der Waals surface area (Å²) >= 11 is 1.51. The molecule has 9 nitrogen and oxygen atoms in total. The molecule has 2 rings (SSSR count). The number of methoxy groups -OCH3 is 1. The molecular formula is C21H25N5O4S. The molecule has 0 heterocycles. The van der Waals surface area contributed by atoms with E-state index in [0.717, 1.165) is 9.79 Å². The summed E-state index contributed by atoms with van der Waals surface area (Å²) in [5, 5.41) is 4.87. The van der Waals surface area contributed by atoms with Crippen molar-refractivity contribution in [1.82, 2.24) is 10.6 Å². The normalized spacial score (nSPS) is 10.9. The zero-order valence-electron chi connectivity index (χ0n) is 17.5. The number of nitrogens with two attached hydrogens (primary N) is 1. The van der Waals surface area contributed by atoms with Crippen molar-refractivity contribution in [2.24, 2.45) is 10.7 Å². The summed E-state index contributed by atoms with van der Waals surface area (Å²) in [5.41, 5.74) is 6.33. The van der Waals surface area contributed by atoms with Crippen LogP contribution in [0.3, 0.4) is 0 Å². The number of benzene rings is 2. The molecule has 2 aromatic carbocycles. The van der Waals surface area contributed by atoms with E-state index >= 15 is 0 Å². The Kier molecular flexibility index (Phi) is 8.89. The zero-order valence-corrected chi connectivity index (χ0v) is 18.4. The Morgan fingerprint density at radius 1 is 1.06 bits per heavy atom. The summed E-state index contributed by atoms with van der Waals surface area (Å²) in [5.74, 6) is -0.473. The predicted octanol–water partition coefficient (Wildman–Crippen LogP) is 3.61. The minimum atomic E-state index is -0.796. The molecule has 0 atom stereocenters. The number of primary amides is 1. The molecule has 31 heavy (non-hydrogen) atoms.